The molecule has 34 heavy (non-hydrogen) atoms. The van der Waals surface area contributed by atoms with Crippen LogP contribution < -0.4 is 9.80 Å². The number of carbonyl (C=O) groups is 2. The molecule has 0 bridgehead atoms. The largest absolute Gasteiger partial charge is 0.443 e. The lowest BCUT2D eigenvalue weighted by Crippen LogP contribution is -2.52. The molecule has 1 aromatic heterocycles. The van der Waals surface area contributed by atoms with Crippen molar-refractivity contribution in [3.63, 3.8) is 0 Å². The van der Waals surface area contributed by atoms with Crippen molar-refractivity contribution in [2.45, 2.75) is 57.0 Å². The van der Waals surface area contributed by atoms with E-state index in [1.165, 1.54) is 11.8 Å². The molecule has 0 fully saturated rings. The van der Waals surface area contributed by atoms with E-state index in [4.69, 9.17) is 4.74 Å². The van der Waals surface area contributed by atoms with Crippen molar-refractivity contribution in [1.29, 1.82) is 0 Å². The Hall–Kier alpha value is -2.95. The van der Waals surface area contributed by atoms with E-state index in [1.54, 1.807) is 49.1 Å². The summed E-state index contributed by atoms with van der Waals surface area (Å²) in [6.45, 7) is 5.16. The number of carbonyl (C=O) groups excluding carboxylic acids is 2. The third-order valence-electron chi connectivity index (χ3n) is 5.60. The molecule has 4 rings (SSSR count). The molecule has 0 aliphatic carbocycles. The van der Waals surface area contributed by atoms with Crippen LogP contribution in [-0.2, 0) is 11.3 Å². The summed E-state index contributed by atoms with van der Waals surface area (Å²) in [5.41, 5.74) is 1.35. The maximum Gasteiger partial charge on any atom is 0.414 e. The van der Waals surface area contributed by atoms with Gasteiger partial charge in [-0.15, -0.1) is 0 Å². The normalized spacial score (nSPS) is 18.1. The van der Waals surface area contributed by atoms with Crippen molar-refractivity contribution in [3.05, 3.63) is 41.6 Å². The highest BCUT2D eigenvalue weighted by molar-refractivity contribution is 7.98. The molecule has 2 aromatic rings. The maximum absolute atomic E-state index is 13.5. The summed E-state index contributed by atoms with van der Waals surface area (Å²) in [4.78, 5) is 39.1. The Morgan fingerprint density at radius 3 is 2.71 bits per heavy atom. The number of nitrogens with zero attached hydrogens (tertiary/aromatic N) is 5. The Bertz CT molecular complexity index is 1090. The van der Waals surface area contributed by atoms with Gasteiger partial charge >= 0.3 is 12.1 Å². The third-order valence-corrected chi connectivity index (χ3v) is 6.16. The Balaban J connectivity index is 1.70. The minimum atomic E-state index is -2.72. The molecule has 1 atom stereocenters. The second-order valence-electron chi connectivity index (χ2n) is 9.11. The number of hydrogen-bond donors (Lipinski definition) is 0. The van der Waals surface area contributed by atoms with Crippen LogP contribution in [0.1, 0.15) is 44.4 Å². The number of para-hydroxylation sites is 1. The van der Waals surface area contributed by atoms with E-state index < -0.39 is 36.7 Å². The van der Waals surface area contributed by atoms with Gasteiger partial charge in [0.1, 0.15) is 11.4 Å². The van der Waals surface area contributed by atoms with Gasteiger partial charge in [0.2, 0.25) is 0 Å². The van der Waals surface area contributed by atoms with Gasteiger partial charge in [0.25, 0.3) is 6.43 Å². The smallest absolute Gasteiger partial charge is 0.414 e. The Morgan fingerprint density at radius 1 is 1.29 bits per heavy atom. The first-order valence-corrected chi connectivity index (χ1v) is 12.2. The number of fused-ring (bicyclic) bond motifs is 2. The number of halogens is 2. The van der Waals surface area contributed by atoms with Gasteiger partial charge in [0.15, 0.2) is 5.16 Å². The van der Waals surface area contributed by atoms with Gasteiger partial charge in [-0.05, 0) is 45.1 Å². The second-order valence-corrected chi connectivity index (χ2v) is 9.89. The van der Waals surface area contributed by atoms with Crippen molar-refractivity contribution in [3.8, 4) is 0 Å². The number of thioether (sulfide) groups is 1. The van der Waals surface area contributed by atoms with Crippen LogP contribution in [0.5, 0.6) is 0 Å². The maximum atomic E-state index is 13.5. The molecule has 0 radical (unpaired) electrons. The zero-order chi connectivity index (χ0) is 24.6. The molecule has 182 valence electrons. The van der Waals surface area contributed by atoms with Crippen molar-refractivity contribution in [2.24, 2.45) is 0 Å². The number of rotatable bonds is 4. The van der Waals surface area contributed by atoms with Gasteiger partial charge in [0.05, 0.1) is 24.8 Å². The van der Waals surface area contributed by atoms with Gasteiger partial charge in [-0.1, -0.05) is 30.0 Å². The number of alkyl halides is 2. The minimum Gasteiger partial charge on any atom is -0.443 e. The van der Waals surface area contributed by atoms with Gasteiger partial charge in [-0.2, -0.15) is 0 Å². The number of anilines is 2. The van der Waals surface area contributed by atoms with Crippen LogP contribution in [0.4, 0.5) is 29.9 Å². The molecule has 0 N–H and O–H groups in total. The van der Waals surface area contributed by atoms with E-state index in [0.717, 1.165) is 10.5 Å². The number of aromatic nitrogens is 2. The van der Waals surface area contributed by atoms with E-state index in [1.807, 2.05) is 18.2 Å². The summed E-state index contributed by atoms with van der Waals surface area (Å²) in [6, 6.07) is 6.35. The van der Waals surface area contributed by atoms with E-state index in [2.05, 4.69) is 9.97 Å². The summed E-state index contributed by atoms with van der Waals surface area (Å²) >= 11 is 1.28. The zero-order valence-electron chi connectivity index (χ0n) is 19.5. The summed E-state index contributed by atoms with van der Waals surface area (Å²) in [6.07, 6.45) is 0.625. The van der Waals surface area contributed by atoms with E-state index in [9.17, 15) is 18.4 Å². The molecule has 11 heteroatoms. The number of benzene rings is 1. The van der Waals surface area contributed by atoms with Gasteiger partial charge < -0.3 is 9.64 Å². The van der Waals surface area contributed by atoms with Crippen molar-refractivity contribution < 1.29 is 23.1 Å². The van der Waals surface area contributed by atoms with Crippen LogP contribution in [0.15, 0.2) is 35.6 Å². The van der Waals surface area contributed by atoms with Crippen molar-refractivity contribution in [2.75, 3.05) is 29.1 Å². The average Bonchev–Trinajstić information content (AvgIpc) is 2.78. The first-order chi connectivity index (χ1) is 16.1. The minimum absolute atomic E-state index is 0.188. The Kier molecular flexibility index (Phi) is 6.66. The zero-order valence-corrected chi connectivity index (χ0v) is 20.3. The first kappa shape index (κ1) is 24.2. The highest BCUT2D eigenvalue weighted by Crippen LogP contribution is 2.41. The van der Waals surface area contributed by atoms with E-state index in [0.29, 0.717) is 29.4 Å². The molecule has 8 nitrogen and oxygen atoms in total. The molecule has 3 heterocycles. The van der Waals surface area contributed by atoms with Gasteiger partial charge in [0, 0.05) is 18.3 Å². The van der Waals surface area contributed by atoms with E-state index >= 15 is 0 Å². The molecule has 3 amide bonds. The van der Waals surface area contributed by atoms with Crippen LogP contribution >= 0.6 is 11.8 Å². The molecular formula is C23H27F2N5O3S. The molecule has 2 aliphatic rings. The Morgan fingerprint density at radius 2 is 2.03 bits per heavy atom. The average molecular weight is 492 g/mol. The number of hydrogen-bond acceptors (Lipinski definition) is 6. The van der Waals surface area contributed by atoms with Crippen molar-refractivity contribution in [1.82, 2.24) is 14.9 Å². The van der Waals surface area contributed by atoms with Crippen LogP contribution in [0.25, 0.3) is 0 Å². The van der Waals surface area contributed by atoms with Gasteiger partial charge in [-0.3, -0.25) is 9.80 Å². The van der Waals surface area contributed by atoms with Crippen LogP contribution in [0.3, 0.4) is 0 Å². The highest BCUT2D eigenvalue weighted by Gasteiger charge is 2.41. The molecule has 2 aliphatic heterocycles. The summed E-state index contributed by atoms with van der Waals surface area (Å²) in [7, 11) is 0. The lowest BCUT2D eigenvalue weighted by atomic mass is 9.94. The lowest BCUT2D eigenvalue weighted by molar-refractivity contribution is 0.0571. The van der Waals surface area contributed by atoms with E-state index in [-0.39, 0.29) is 12.4 Å². The summed E-state index contributed by atoms with van der Waals surface area (Å²) in [5.74, 6) is 0.223. The molecular weight excluding hydrogens is 464 g/mol. The third kappa shape index (κ3) is 4.79. The SMILES string of the molecule is CSc1ncc2c(n1)N(CC(F)F)C(=O)N([C@H]1CCN(C(=O)OC(C)(C)C)c3ccccc31)C2. The van der Waals surface area contributed by atoms with Crippen LogP contribution in [-0.4, -0.2) is 58.4 Å². The Labute approximate surface area is 201 Å². The molecule has 0 spiro atoms. The van der Waals surface area contributed by atoms with Crippen molar-refractivity contribution >= 4 is 35.4 Å². The standard InChI is InChI=1S/C23H27F2N5O3S/c1-23(2,3)33-22(32)28-10-9-17(15-7-5-6-8-16(15)28)29-12-14-11-26-20(34-4)27-19(14)30(21(29)31)13-18(24)25/h5-8,11,17-18H,9-10,12-13H2,1-4H3/t17-/m0/s1. The fourth-order valence-corrected chi connectivity index (χ4v) is 4.58. The fourth-order valence-electron chi connectivity index (χ4n) is 4.24. The topological polar surface area (TPSA) is 78.9 Å². The summed E-state index contributed by atoms with van der Waals surface area (Å²) < 4.78 is 32.4. The summed E-state index contributed by atoms with van der Waals surface area (Å²) in [5, 5.41) is 0.412. The molecule has 0 saturated carbocycles. The van der Waals surface area contributed by atoms with Crippen LogP contribution in [0, 0.1) is 0 Å². The molecule has 1 aromatic carbocycles. The molecule has 0 unspecified atom stereocenters. The quantitative estimate of drug-likeness (QED) is 0.438. The first-order valence-electron chi connectivity index (χ1n) is 10.9. The fraction of sp³-hybridized carbons (Fsp3) is 0.478. The predicted octanol–water partition coefficient (Wildman–Crippen LogP) is 5.09. The number of urea groups is 1. The second kappa shape index (κ2) is 9.36. The van der Waals surface area contributed by atoms with Gasteiger partial charge in [-0.25, -0.2) is 28.3 Å². The highest BCUT2D eigenvalue weighted by atomic mass is 32.2. The lowest BCUT2D eigenvalue weighted by Gasteiger charge is -2.44. The van der Waals surface area contributed by atoms with Crippen LogP contribution in [0.2, 0.25) is 0 Å². The monoisotopic (exact) mass is 491 g/mol. The molecule has 0 saturated heterocycles. The number of ether oxygens (including phenoxy) is 1. The predicted molar refractivity (Wildman–Crippen MR) is 125 cm³/mol. The number of amides is 3.